The summed E-state index contributed by atoms with van der Waals surface area (Å²) in [6.45, 7) is 5.86. The molecular weight excluding hydrogens is 288 g/mol. The Balaban J connectivity index is 2.02. The highest BCUT2D eigenvalue weighted by molar-refractivity contribution is 5.94. The molecule has 0 fully saturated rings. The lowest BCUT2D eigenvalue weighted by Gasteiger charge is -2.21. The van der Waals surface area contributed by atoms with Crippen LogP contribution in [0.15, 0.2) is 48.5 Å². The predicted octanol–water partition coefficient (Wildman–Crippen LogP) is 5.29. The maximum absolute atomic E-state index is 12.1. The van der Waals surface area contributed by atoms with Crippen LogP contribution in [0.5, 0.6) is 0 Å². The fourth-order valence-electron chi connectivity index (χ4n) is 1.88. The van der Waals surface area contributed by atoms with Crippen LogP contribution >= 0.6 is 0 Å². The number of hydrogen-bond acceptors (Lipinski definition) is 3. The second kappa shape index (κ2) is 6.93. The van der Waals surface area contributed by atoms with Gasteiger partial charge in [0, 0.05) is 34.6 Å². The number of hydrogen-bond donors (Lipinski definition) is 2. The monoisotopic (exact) mass is 309 g/mol. The van der Waals surface area contributed by atoms with E-state index >= 15 is 0 Å². The summed E-state index contributed by atoms with van der Waals surface area (Å²) < 4.78 is 0. The van der Waals surface area contributed by atoms with Crippen LogP contribution in [0.3, 0.4) is 0 Å². The summed E-state index contributed by atoms with van der Waals surface area (Å²) in [5, 5.41) is 14.8. The van der Waals surface area contributed by atoms with E-state index < -0.39 is 0 Å². The van der Waals surface area contributed by atoms with Gasteiger partial charge >= 0.3 is 5.69 Å². The molecule has 0 saturated heterocycles. The molecule has 23 heavy (non-hydrogen) atoms. The van der Waals surface area contributed by atoms with Gasteiger partial charge in [-0.3, -0.25) is 4.79 Å². The summed E-state index contributed by atoms with van der Waals surface area (Å²) in [4.78, 5) is 15.3. The molecule has 0 aliphatic rings. The van der Waals surface area contributed by atoms with E-state index in [0.29, 0.717) is 5.69 Å². The molecule has 0 radical (unpaired) electrons. The van der Waals surface area contributed by atoms with Crippen molar-refractivity contribution in [3.63, 3.8) is 0 Å². The van der Waals surface area contributed by atoms with Crippen molar-refractivity contribution in [2.24, 2.45) is 5.41 Å². The number of rotatable bonds is 5. The molecule has 0 spiro atoms. The minimum Gasteiger partial charge on any atom is -0.356 e. The Morgan fingerprint density at radius 3 is 1.96 bits per heavy atom. The first-order chi connectivity index (χ1) is 10.9. The van der Waals surface area contributed by atoms with Crippen LogP contribution in [0.4, 0.5) is 22.7 Å². The van der Waals surface area contributed by atoms with E-state index in [4.69, 9.17) is 5.39 Å². The zero-order valence-electron chi connectivity index (χ0n) is 13.6. The lowest BCUT2D eigenvalue weighted by atomic mass is 9.89. The smallest absolute Gasteiger partial charge is 0.356 e. The van der Waals surface area contributed by atoms with Gasteiger partial charge in [-0.1, -0.05) is 20.8 Å². The molecule has 0 unspecified atom stereocenters. The molecule has 2 aromatic carbocycles. The molecule has 5 heteroatoms. The number of diazo groups is 1. The van der Waals surface area contributed by atoms with Gasteiger partial charge in [0.15, 0.2) is 4.98 Å². The Morgan fingerprint density at radius 1 is 1.00 bits per heavy atom. The van der Waals surface area contributed by atoms with Gasteiger partial charge in [-0.05, 0) is 42.8 Å². The summed E-state index contributed by atoms with van der Waals surface area (Å²) in [5.41, 5.74) is 2.70. The van der Waals surface area contributed by atoms with Crippen LogP contribution in [0.2, 0.25) is 0 Å². The number of nitrogens with one attached hydrogen (secondary N) is 2. The van der Waals surface area contributed by atoms with Crippen LogP contribution in [0.1, 0.15) is 27.2 Å². The van der Waals surface area contributed by atoms with Crippen molar-refractivity contribution in [2.75, 3.05) is 10.6 Å². The number of amides is 1. The average molecular weight is 309 g/mol. The zero-order valence-corrected chi connectivity index (χ0v) is 13.6. The fourth-order valence-corrected chi connectivity index (χ4v) is 1.88. The molecule has 0 bridgehead atoms. The van der Waals surface area contributed by atoms with Crippen LogP contribution in [-0.2, 0) is 4.79 Å². The number of nitrogens with zero attached hydrogens (tertiary/aromatic N) is 2. The lowest BCUT2D eigenvalue weighted by molar-refractivity contribution is -0.124. The largest absolute Gasteiger partial charge is 0.385 e. The van der Waals surface area contributed by atoms with Gasteiger partial charge < -0.3 is 10.6 Å². The molecule has 5 nitrogen and oxygen atoms in total. The van der Waals surface area contributed by atoms with Crippen LogP contribution < -0.4 is 10.6 Å². The normalized spacial score (nSPS) is 10.7. The summed E-state index contributed by atoms with van der Waals surface area (Å²) in [7, 11) is 0. The van der Waals surface area contributed by atoms with E-state index in [1.807, 2.05) is 57.2 Å². The quantitative estimate of drug-likeness (QED) is 0.737. The first-order valence-electron chi connectivity index (χ1n) is 7.58. The van der Waals surface area contributed by atoms with Gasteiger partial charge in [0.2, 0.25) is 11.3 Å². The number of anilines is 3. The standard InChI is InChI=1S/C18H20N4O/c1-4-18(2,3)17(23)21-15-7-5-13(6-8-15)20-14-9-11-16(22-19)12-10-14/h5-12,19H,4H2,1-3H3/p+1. The van der Waals surface area contributed by atoms with Crippen molar-refractivity contribution < 1.29 is 4.79 Å². The SMILES string of the molecule is CCC(C)(C)C(=O)Nc1ccc(Nc2ccc([N+]#N)cc2)cc1. The average Bonchev–Trinajstić information content (AvgIpc) is 2.57. The summed E-state index contributed by atoms with van der Waals surface area (Å²) in [6.07, 6.45) is 0.786. The van der Waals surface area contributed by atoms with Gasteiger partial charge in [-0.25, -0.2) is 0 Å². The third-order valence-corrected chi connectivity index (χ3v) is 3.91. The number of carbonyl (C=O) groups excluding carboxylic acids is 1. The Hall–Kier alpha value is -2.87. The maximum atomic E-state index is 12.1. The minimum absolute atomic E-state index is 0.0176. The molecule has 0 aliphatic heterocycles. The van der Waals surface area contributed by atoms with Crippen molar-refractivity contribution in [1.29, 1.82) is 5.39 Å². The van der Waals surface area contributed by atoms with Crippen molar-refractivity contribution in [1.82, 2.24) is 0 Å². The third-order valence-electron chi connectivity index (χ3n) is 3.91. The number of benzene rings is 2. The molecule has 0 saturated carbocycles. The minimum atomic E-state index is -0.379. The molecule has 2 aromatic rings. The van der Waals surface area contributed by atoms with E-state index in [0.717, 1.165) is 23.5 Å². The van der Waals surface area contributed by atoms with Crippen LogP contribution in [-0.4, -0.2) is 5.91 Å². The van der Waals surface area contributed by atoms with Crippen molar-refractivity contribution in [3.8, 4) is 0 Å². The molecule has 1 amide bonds. The number of carbonyl (C=O) groups is 1. The van der Waals surface area contributed by atoms with Gasteiger partial charge in [0.1, 0.15) is 0 Å². The van der Waals surface area contributed by atoms with E-state index in [-0.39, 0.29) is 11.3 Å². The van der Waals surface area contributed by atoms with Gasteiger partial charge in [0.25, 0.3) is 0 Å². The highest BCUT2D eigenvalue weighted by Crippen LogP contribution is 2.24. The summed E-state index contributed by atoms with van der Waals surface area (Å²) >= 11 is 0. The van der Waals surface area contributed by atoms with E-state index in [1.165, 1.54) is 0 Å². The van der Waals surface area contributed by atoms with Gasteiger partial charge in [0.05, 0.1) is 0 Å². The predicted molar refractivity (Wildman–Crippen MR) is 93.6 cm³/mol. The molecule has 0 aliphatic carbocycles. The molecule has 2 rings (SSSR count). The molecule has 0 heterocycles. The lowest BCUT2D eigenvalue weighted by Crippen LogP contribution is -2.29. The second-order valence-electron chi connectivity index (χ2n) is 6.04. The first-order valence-corrected chi connectivity index (χ1v) is 7.58. The molecular formula is C18H21N4O+. The Morgan fingerprint density at radius 2 is 1.48 bits per heavy atom. The molecule has 2 N–H and O–H groups in total. The highest BCUT2D eigenvalue weighted by atomic mass is 16.2. The molecule has 0 atom stereocenters. The zero-order chi connectivity index (χ0) is 16.9. The van der Waals surface area contributed by atoms with Gasteiger partial charge in [-0.15, -0.1) is 0 Å². The van der Waals surface area contributed by atoms with E-state index in [9.17, 15) is 4.79 Å². The van der Waals surface area contributed by atoms with Crippen molar-refractivity contribution >= 4 is 28.7 Å². The van der Waals surface area contributed by atoms with Gasteiger partial charge in [-0.2, -0.15) is 0 Å². The maximum Gasteiger partial charge on any atom is 0.385 e. The topological polar surface area (TPSA) is 69.3 Å². The van der Waals surface area contributed by atoms with E-state index in [1.54, 1.807) is 12.1 Å². The summed E-state index contributed by atoms with van der Waals surface area (Å²) in [5.74, 6) is 0.0176. The Bertz CT molecular complexity index is 712. The van der Waals surface area contributed by atoms with Crippen molar-refractivity contribution in [2.45, 2.75) is 27.2 Å². The van der Waals surface area contributed by atoms with E-state index in [2.05, 4.69) is 15.6 Å². The Labute approximate surface area is 136 Å². The summed E-state index contributed by atoms with van der Waals surface area (Å²) in [6, 6.07) is 14.6. The Kier molecular flexibility index (Phi) is 4.97. The molecule has 0 aromatic heterocycles. The van der Waals surface area contributed by atoms with Crippen LogP contribution in [0, 0.1) is 10.8 Å². The second-order valence-corrected chi connectivity index (χ2v) is 6.04. The third kappa shape index (κ3) is 4.30. The van der Waals surface area contributed by atoms with Crippen molar-refractivity contribution in [3.05, 3.63) is 53.5 Å². The highest BCUT2D eigenvalue weighted by Gasteiger charge is 2.25. The fraction of sp³-hybridized carbons (Fsp3) is 0.278. The molecule has 118 valence electrons. The first kappa shape index (κ1) is 16.5. The van der Waals surface area contributed by atoms with Crippen LogP contribution in [0.25, 0.3) is 4.98 Å².